The Hall–Kier alpha value is -1.24. The first-order valence-electron chi connectivity index (χ1n) is 11.9. The highest BCUT2D eigenvalue weighted by Crippen LogP contribution is 2.28. The molecule has 0 aromatic carbocycles. The average Bonchev–Trinajstić information content (AvgIpc) is 2.96. The van der Waals surface area contributed by atoms with Gasteiger partial charge in [-0.15, -0.1) is 0 Å². The van der Waals surface area contributed by atoms with E-state index in [1.54, 1.807) is 0 Å². The lowest BCUT2D eigenvalue weighted by Gasteiger charge is -2.47. The van der Waals surface area contributed by atoms with Crippen molar-refractivity contribution >= 4 is 5.95 Å². The zero-order valence-electron chi connectivity index (χ0n) is 18.1. The monoisotopic (exact) mass is 399 g/mol. The number of nitrogens with zero attached hydrogens (tertiary/aromatic N) is 5. The van der Waals surface area contributed by atoms with E-state index in [-0.39, 0.29) is 0 Å². The molecule has 4 aliphatic rings. The maximum atomic E-state index is 5.53. The predicted octanol–water partition coefficient (Wildman–Crippen LogP) is 2.37. The highest BCUT2D eigenvalue weighted by Gasteiger charge is 2.34. The largest absolute Gasteiger partial charge is 0.381 e. The highest BCUT2D eigenvalue weighted by molar-refractivity contribution is 5.35. The Kier molecular flexibility index (Phi) is 6.02. The van der Waals surface area contributed by atoms with Crippen molar-refractivity contribution in [3.05, 3.63) is 17.5 Å². The number of hydrogen-bond donors (Lipinski definition) is 0. The van der Waals surface area contributed by atoms with Gasteiger partial charge in [0.05, 0.1) is 5.69 Å². The van der Waals surface area contributed by atoms with E-state index in [1.807, 2.05) is 0 Å². The Balaban J connectivity index is 1.22. The molecule has 6 heteroatoms. The fourth-order valence-electron chi connectivity index (χ4n) is 5.84. The topological polar surface area (TPSA) is 44.7 Å². The van der Waals surface area contributed by atoms with Crippen molar-refractivity contribution in [3.8, 4) is 0 Å². The van der Waals surface area contributed by atoms with Crippen LogP contribution in [0, 0.1) is 5.92 Å². The zero-order chi connectivity index (χ0) is 19.6. The van der Waals surface area contributed by atoms with Crippen LogP contribution in [0.5, 0.6) is 0 Å². The first-order valence-corrected chi connectivity index (χ1v) is 11.9. The molecule has 4 aliphatic heterocycles. The van der Waals surface area contributed by atoms with Crippen molar-refractivity contribution in [3.63, 3.8) is 0 Å². The van der Waals surface area contributed by atoms with Gasteiger partial charge < -0.3 is 14.5 Å². The summed E-state index contributed by atoms with van der Waals surface area (Å²) in [5, 5.41) is 0. The molecule has 1 aromatic rings. The second-order valence-electron chi connectivity index (χ2n) is 9.62. The van der Waals surface area contributed by atoms with Crippen LogP contribution in [-0.2, 0) is 17.6 Å². The number of anilines is 1. The van der Waals surface area contributed by atoms with E-state index in [2.05, 4.69) is 27.8 Å². The molecule has 6 nitrogen and oxygen atoms in total. The summed E-state index contributed by atoms with van der Waals surface area (Å²) in [7, 11) is 0. The molecule has 3 fully saturated rings. The molecule has 2 atom stereocenters. The lowest BCUT2D eigenvalue weighted by molar-refractivity contribution is 0.0530. The number of piperazine rings is 1. The fourth-order valence-corrected chi connectivity index (χ4v) is 5.84. The predicted molar refractivity (Wildman–Crippen MR) is 115 cm³/mol. The zero-order valence-corrected chi connectivity index (χ0v) is 18.1. The molecule has 0 spiro atoms. The van der Waals surface area contributed by atoms with Gasteiger partial charge in [-0.2, -0.15) is 0 Å². The summed E-state index contributed by atoms with van der Waals surface area (Å²) in [6.45, 7) is 11.1. The molecule has 3 saturated heterocycles. The highest BCUT2D eigenvalue weighted by atomic mass is 16.5. The van der Waals surface area contributed by atoms with Crippen LogP contribution >= 0.6 is 0 Å². The van der Waals surface area contributed by atoms with Crippen LogP contribution in [0.25, 0.3) is 0 Å². The normalized spacial score (nSPS) is 29.9. The standard InChI is InChI=1S/C23H37N5O/c1-18-3-2-4-21-17-27(11-12-28(18)21)23-24-15-20-5-9-26(10-6-22(20)25-23)16-19-7-13-29-14-8-19/h15,18-19,21H,2-14,16-17H2,1H3/t18?,21-/m1/s1. The van der Waals surface area contributed by atoms with Crippen LogP contribution in [-0.4, -0.2) is 84.3 Å². The Labute approximate surface area is 175 Å². The minimum atomic E-state index is 0.685. The van der Waals surface area contributed by atoms with E-state index in [0.29, 0.717) is 6.04 Å². The van der Waals surface area contributed by atoms with Gasteiger partial charge in [0.15, 0.2) is 0 Å². The van der Waals surface area contributed by atoms with Gasteiger partial charge in [0.25, 0.3) is 0 Å². The quantitative estimate of drug-likeness (QED) is 0.778. The molecule has 0 saturated carbocycles. The van der Waals surface area contributed by atoms with Crippen LogP contribution in [0.3, 0.4) is 0 Å². The Morgan fingerprint density at radius 3 is 2.79 bits per heavy atom. The minimum absolute atomic E-state index is 0.685. The van der Waals surface area contributed by atoms with Gasteiger partial charge in [-0.25, -0.2) is 9.97 Å². The number of rotatable bonds is 3. The van der Waals surface area contributed by atoms with Gasteiger partial charge in [-0.05, 0) is 50.5 Å². The molecule has 0 aliphatic carbocycles. The molecule has 0 bridgehead atoms. The maximum Gasteiger partial charge on any atom is 0.225 e. The summed E-state index contributed by atoms with van der Waals surface area (Å²) in [5.41, 5.74) is 2.66. The van der Waals surface area contributed by atoms with Crippen molar-refractivity contribution in [2.24, 2.45) is 5.92 Å². The van der Waals surface area contributed by atoms with Crippen LogP contribution < -0.4 is 4.90 Å². The van der Waals surface area contributed by atoms with E-state index in [4.69, 9.17) is 14.7 Å². The third-order valence-electron chi connectivity index (χ3n) is 7.70. The van der Waals surface area contributed by atoms with E-state index in [0.717, 1.165) is 76.7 Å². The fraction of sp³-hybridized carbons (Fsp3) is 0.826. The van der Waals surface area contributed by atoms with Crippen molar-refractivity contribution in [1.82, 2.24) is 19.8 Å². The van der Waals surface area contributed by atoms with Crippen LogP contribution in [0.4, 0.5) is 5.95 Å². The van der Waals surface area contributed by atoms with E-state index in [9.17, 15) is 0 Å². The summed E-state index contributed by atoms with van der Waals surface area (Å²) < 4.78 is 5.53. The summed E-state index contributed by atoms with van der Waals surface area (Å²) in [4.78, 5) is 17.7. The van der Waals surface area contributed by atoms with Gasteiger partial charge in [-0.3, -0.25) is 4.90 Å². The lowest BCUT2D eigenvalue weighted by Crippen LogP contribution is -2.58. The minimum Gasteiger partial charge on any atom is -0.381 e. The van der Waals surface area contributed by atoms with Crippen molar-refractivity contribution in [2.45, 2.75) is 64.0 Å². The second kappa shape index (κ2) is 8.86. The number of ether oxygens (including phenoxy) is 1. The van der Waals surface area contributed by atoms with Crippen molar-refractivity contribution < 1.29 is 4.74 Å². The molecule has 5 rings (SSSR count). The summed E-state index contributed by atoms with van der Waals surface area (Å²) in [6.07, 6.45) is 10.8. The number of fused-ring (bicyclic) bond motifs is 2. The number of hydrogen-bond acceptors (Lipinski definition) is 6. The first-order chi connectivity index (χ1) is 14.3. The first kappa shape index (κ1) is 19.7. The van der Waals surface area contributed by atoms with Crippen molar-refractivity contribution in [2.75, 3.05) is 57.4 Å². The molecule has 0 N–H and O–H groups in total. The van der Waals surface area contributed by atoms with Gasteiger partial charge in [0.1, 0.15) is 0 Å². The second-order valence-corrected chi connectivity index (χ2v) is 9.62. The molecule has 5 heterocycles. The van der Waals surface area contributed by atoms with Crippen LogP contribution in [0.1, 0.15) is 50.3 Å². The third-order valence-corrected chi connectivity index (χ3v) is 7.70. The van der Waals surface area contributed by atoms with E-state index in [1.165, 1.54) is 49.9 Å². The van der Waals surface area contributed by atoms with Crippen LogP contribution in [0.2, 0.25) is 0 Å². The molecule has 0 amide bonds. The summed E-state index contributed by atoms with van der Waals surface area (Å²) >= 11 is 0. The molecular weight excluding hydrogens is 362 g/mol. The lowest BCUT2D eigenvalue weighted by atomic mass is 9.94. The number of piperidine rings is 1. The SMILES string of the molecule is CC1CCC[C@@H]2CN(c3ncc4c(n3)CCN(CC3CCOCC3)CC4)CCN12. The average molecular weight is 400 g/mol. The van der Waals surface area contributed by atoms with Crippen molar-refractivity contribution in [1.29, 1.82) is 0 Å². The maximum absolute atomic E-state index is 5.53. The number of aromatic nitrogens is 2. The smallest absolute Gasteiger partial charge is 0.225 e. The van der Waals surface area contributed by atoms with Gasteiger partial charge in [-0.1, -0.05) is 6.42 Å². The van der Waals surface area contributed by atoms with Gasteiger partial charge in [0, 0.05) is 77.2 Å². The summed E-state index contributed by atoms with van der Waals surface area (Å²) in [5.74, 6) is 1.78. The van der Waals surface area contributed by atoms with Gasteiger partial charge in [0.2, 0.25) is 5.95 Å². The molecular formula is C23H37N5O. The Bertz CT molecular complexity index is 692. The summed E-state index contributed by atoms with van der Waals surface area (Å²) in [6, 6.07) is 1.43. The molecule has 0 radical (unpaired) electrons. The molecule has 1 unspecified atom stereocenters. The van der Waals surface area contributed by atoms with E-state index < -0.39 is 0 Å². The molecule has 29 heavy (non-hydrogen) atoms. The Morgan fingerprint density at radius 2 is 1.90 bits per heavy atom. The van der Waals surface area contributed by atoms with Crippen LogP contribution in [0.15, 0.2) is 6.20 Å². The van der Waals surface area contributed by atoms with Gasteiger partial charge >= 0.3 is 0 Å². The molecule has 1 aromatic heterocycles. The third kappa shape index (κ3) is 4.44. The molecule has 160 valence electrons. The van der Waals surface area contributed by atoms with E-state index >= 15 is 0 Å². The Morgan fingerprint density at radius 1 is 1.03 bits per heavy atom.